The van der Waals surface area contributed by atoms with Crippen LogP contribution in [0.4, 0.5) is 6.01 Å². The highest BCUT2D eigenvalue weighted by molar-refractivity contribution is 6.30. The van der Waals surface area contributed by atoms with Crippen molar-refractivity contribution < 1.29 is 9.26 Å². The van der Waals surface area contributed by atoms with Gasteiger partial charge in [0, 0.05) is 24.2 Å². The summed E-state index contributed by atoms with van der Waals surface area (Å²) in [5, 5.41) is 7.52. The van der Waals surface area contributed by atoms with Crippen molar-refractivity contribution in [3.05, 3.63) is 29.3 Å². The number of hydrogen-bond donors (Lipinski definition) is 1. The lowest BCUT2D eigenvalue weighted by Crippen LogP contribution is -2.18. The number of nitrogens with zero attached hydrogens (tertiary/aromatic N) is 2. The summed E-state index contributed by atoms with van der Waals surface area (Å²) in [6.45, 7) is 2.55. The standard InChI is InChI=1S/C12H14ClN3O2/c1-8(17-2)7-14-12-15-11(16-18-12)9-4-3-5-10(13)6-9/h3-6,8H,7H2,1-2H3,(H,14,15,16). The highest BCUT2D eigenvalue weighted by Gasteiger charge is 2.09. The van der Waals surface area contributed by atoms with E-state index in [1.54, 1.807) is 19.2 Å². The number of anilines is 1. The molecule has 1 N–H and O–H groups in total. The normalized spacial score (nSPS) is 12.4. The topological polar surface area (TPSA) is 60.2 Å². The first-order chi connectivity index (χ1) is 8.69. The van der Waals surface area contributed by atoms with Gasteiger partial charge in [0.2, 0.25) is 5.82 Å². The summed E-state index contributed by atoms with van der Waals surface area (Å²) >= 11 is 5.90. The minimum atomic E-state index is 0.0755. The van der Waals surface area contributed by atoms with Gasteiger partial charge in [-0.2, -0.15) is 4.98 Å². The van der Waals surface area contributed by atoms with Gasteiger partial charge in [-0.15, -0.1) is 0 Å². The quantitative estimate of drug-likeness (QED) is 0.903. The fourth-order valence-electron chi connectivity index (χ4n) is 1.35. The molecule has 0 aliphatic heterocycles. The van der Waals surface area contributed by atoms with E-state index in [0.717, 1.165) is 5.56 Å². The second-order valence-corrected chi connectivity index (χ2v) is 4.30. The zero-order chi connectivity index (χ0) is 13.0. The van der Waals surface area contributed by atoms with Crippen LogP contribution in [-0.2, 0) is 4.74 Å². The van der Waals surface area contributed by atoms with Gasteiger partial charge in [-0.3, -0.25) is 0 Å². The SMILES string of the molecule is COC(C)CNc1nc(-c2cccc(Cl)c2)no1. The molecule has 2 rings (SSSR count). The number of rotatable bonds is 5. The van der Waals surface area contributed by atoms with Crippen molar-refractivity contribution in [1.29, 1.82) is 0 Å². The maximum atomic E-state index is 5.90. The number of benzene rings is 1. The first kappa shape index (κ1) is 12.9. The van der Waals surface area contributed by atoms with Gasteiger partial charge in [0.05, 0.1) is 6.10 Å². The Labute approximate surface area is 110 Å². The minimum Gasteiger partial charge on any atom is -0.380 e. The summed E-state index contributed by atoms with van der Waals surface area (Å²) in [5.41, 5.74) is 0.819. The molecule has 5 nitrogen and oxygen atoms in total. The summed E-state index contributed by atoms with van der Waals surface area (Å²) in [6, 6.07) is 7.67. The summed E-state index contributed by atoms with van der Waals surface area (Å²) < 4.78 is 10.2. The Bertz CT molecular complexity index is 516. The first-order valence-electron chi connectivity index (χ1n) is 5.55. The van der Waals surface area contributed by atoms with Crippen LogP contribution in [0.25, 0.3) is 11.4 Å². The monoisotopic (exact) mass is 267 g/mol. The van der Waals surface area contributed by atoms with Crippen molar-refractivity contribution in [2.24, 2.45) is 0 Å². The van der Waals surface area contributed by atoms with Crippen molar-refractivity contribution in [3.63, 3.8) is 0 Å². The molecule has 6 heteroatoms. The van der Waals surface area contributed by atoms with Crippen molar-refractivity contribution >= 4 is 17.6 Å². The molecule has 96 valence electrons. The van der Waals surface area contributed by atoms with Gasteiger partial charge in [0.25, 0.3) is 0 Å². The molecule has 0 amide bonds. The lowest BCUT2D eigenvalue weighted by atomic mass is 10.2. The molecule has 0 saturated heterocycles. The number of nitrogens with one attached hydrogen (secondary N) is 1. The van der Waals surface area contributed by atoms with Gasteiger partial charge < -0.3 is 14.6 Å². The number of methoxy groups -OCH3 is 1. The van der Waals surface area contributed by atoms with Crippen LogP contribution in [0.15, 0.2) is 28.8 Å². The van der Waals surface area contributed by atoms with Crippen molar-refractivity contribution in [2.45, 2.75) is 13.0 Å². The molecule has 1 unspecified atom stereocenters. The van der Waals surface area contributed by atoms with Crippen LogP contribution >= 0.6 is 11.6 Å². The van der Waals surface area contributed by atoms with Gasteiger partial charge in [0.1, 0.15) is 0 Å². The van der Waals surface area contributed by atoms with Gasteiger partial charge in [0.15, 0.2) is 0 Å². The van der Waals surface area contributed by atoms with E-state index in [-0.39, 0.29) is 6.10 Å². The molecule has 18 heavy (non-hydrogen) atoms. The Kier molecular flexibility index (Phi) is 4.17. The van der Waals surface area contributed by atoms with E-state index in [1.807, 2.05) is 19.1 Å². The number of halogens is 1. The predicted octanol–water partition coefficient (Wildman–Crippen LogP) is 2.84. The predicted molar refractivity (Wildman–Crippen MR) is 69.7 cm³/mol. The smallest absolute Gasteiger partial charge is 0.321 e. The zero-order valence-electron chi connectivity index (χ0n) is 10.2. The van der Waals surface area contributed by atoms with E-state index >= 15 is 0 Å². The van der Waals surface area contributed by atoms with Crippen LogP contribution in [0.1, 0.15) is 6.92 Å². The maximum absolute atomic E-state index is 5.90. The lowest BCUT2D eigenvalue weighted by molar-refractivity contribution is 0.128. The van der Waals surface area contributed by atoms with Crippen molar-refractivity contribution in [2.75, 3.05) is 19.0 Å². The molecule has 1 aromatic heterocycles. The van der Waals surface area contributed by atoms with E-state index < -0.39 is 0 Å². The van der Waals surface area contributed by atoms with Crippen molar-refractivity contribution in [3.8, 4) is 11.4 Å². The van der Waals surface area contributed by atoms with Gasteiger partial charge >= 0.3 is 6.01 Å². The third kappa shape index (κ3) is 3.21. The number of hydrogen-bond acceptors (Lipinski definition) is 5. The fraction of sp³-hybridized carbons (Fsp3) is 0.333. The van der Waals surface area contributed by atoms with Gasteiger partial charge in [-0.05, 0) is 19.1 Å². The Hall–Kier alpha value is -1.59. The van der Waals surface area contributed by atoms with Crippen LogP contribution in [-0.4, -0.2) is 29.9 Å². The Morgan fingerprint density at radius 1 is 1.50 bits per heavy atom. The molecule has 0 aliphatic rings. The largest absolute Gasteiger partial charge is 0.380 e. The fourth-order valence-corrected chi connectivity index (χ4v) is 1.54. The maximum Gasteiger partial charge on any atom is 0.321 e. The van der Waals surface area contributed by atoms with Crippen LogP contribution in [0.3, 0.4) is 0 Å². The van der Waals surface area contributed by atoms with Crippen molar-refractivity contribution in [1.82, 2.24) is 10.1 Å². The zero-order valence-corrected chi connectivity index (χ0v) is 10.9. The summed E-state index contributed by atoms with van der Waals surface area (Å²) in [4.78, 5) is 4.22. The van der Waals surface area contributed by atoms with Crippen LogP contribution in [0.5, 0.6) is 0 Å². The second-order valence-electron chi connectivity index (χ2n) is 3.86. The van der Waals surface area contributed by atoms with E-state index in [9.17, 15) is 0 Å². The Morgan fingerprint density at radius 3 is 3.06 bits per heavy atom. The highest BCUT2D eigenvalue weighted by Crippen LogP contribution is 2.20. The second kappa shape index (κ2) is 5.84. The molecule has 1 aromatic carbocycles. The summed E-state index contributed by atoms with van der Waals surface area (Å²) in [7, 11) is 1.65. The highest BCUT2D eigenvalue weighted by atomic mass is 35.5. The molecule has 0 fully saturated rings. The van der Waals surface area contributed by atoms with E-state index in [4.69, 9.17) is 20.9 Å². The number of ether oxygens (including phenoxy) is 1. The molecule has 0 aliphatic carbocycles. The van der Waals surface area contributed by atoms with Crippen LogP contribution < -0.4 is 5.32 Å². The number of aromatic nitrogens is 2. The lowest BCUT2D eigenvalue weighted by Gasteiger charge is -2.07. The van der Waals surface area contributed by atoms with E-state index in [2.05, 4.69) is 15.5 Å². The Morgan fingerprint density at radius 2 is 2.33 bits per heavy atom. The molecule has 2 aromatic rings. The molecule has 1 heterocycles. The first-order valence-corrected chi connectivity index (χ1v) is 5.93. The minimum absolute atomic E-state index is 0.0755. The summed E-state index contributed by atoms with van der Waals surface area (Å²) in [6.07, 6.45) is 0.0755. The van der Waals surface area contributed by atoms with Gasteiger partial charge in [-0.1, -0.05) is 28.9 Å². The van der Waals surface area contributed by atoms with E-state index in [1.165, 1.54) is 0 Å². The molecule has 0 bridgehead atoms. The van der Waals surface area contributed by atoms with Gasteiger partial charge in [-0.25, -0.2) is 0 Å². The van der Waals surface area contributed by atoms with Crippen LogP contribution in [0.2, 0.25) is 5.02 Å². The third-order valence-corrected chi connectivity index (χ3v) is 2.69. The van der Waals surface area contributed by atoms with Crippen LogP contribution in [0, 0.1) is 0 Å². The Balaban J connectivity index is 2.06. The average molecular weight is 268 g/mol. The molecular weight excluding hydrogens is 254 g/mol. The molecule has 0 saturated carbocycles. The molecule has 0 radical (unpaired) electrons. The molecule has 0 spiro atoms. The summed E-state index contributed by atoms with van der Waals surface area (Å²) in [5.74, 6) is 0.505. The van der Waals surface area contributed by atoms with E-state index in [0.29, 0.717) is 23.4 Å². The molecular formula is C12H14ClN3O2. The molecule has 1 atom stereocenters. The third-order valence-electron chi connectivity index (χ3n) is 2.45. The average Bonchev–Trinajstić information content (AvgIpc) is 2.84.